The first-order valence-electron chi connectivity index (χ1n) is 21.2. The maximum Gasteiger partial charge on any atom is 0.251 e. The number of anilines is 2. The molecule has 2 aliphatic rings. The number of nitrogens with one attached hydrogen (secondary N) is 2. The van der Waals surface area contributed by atoms with Gasteiger partial charge in [-0.3, -0.25) is 19.6 Å². The summed E-state index contributed by atoms with van der Waals surface area (Å²) in [5, 5.41) is 5.94. The minimum absolute atomic E-state index is 0.0511. The molecule has 4 heterocycles. The van der Waals surface area contributed by atoms with Crippen LogP contribution in [0.25, 0.3) is 44.3 Å². The second kappa shape index (κ2) is 18.9. The fourth-order valence-corrected chi connectivity index (χ4v) is 7.82. The quantitative estimate of drug-likeness (QED) is 0.148. The van der Waals surface area contributed by atoms with Crippen molar-refractivity contribution in [3.05, 3.63) is 144 Å². The summed E-state index contributed by atoms with van der Waals surface area (Å²) in [6, 6.07) is 37.7. The average molecular weight is 797 g/mol. The number of fused-ring (bicyclic) bond motifs is 2. The van der Waals surface area contributed by atoms with E-state index in [9.17, 15) is 9.59 Å². The van der Waals surface area contributed by atoms with Crippen LogP contribution < -0.4 is 20.4 Å². The zero-order valence-corrected chi connectivity index (χ0v) is 34.5. The SMILES string of the molecule is CC(C)NC(=O)c1cccc(-c2ccc3ncc(N4CCCCC4)nc3c2)c1.O=C(NCc1ccccc1)c1cccc(-c2ccc3ncc(N4CCCCC4)nc3c2)c1. The summed E-state index contributed by atoms with van der Waals surface area (Å²) in [6.07, 6.45) is 11.2. The van der Waals surface area contributed by atoms with Crippen molar-refractivity contribution in [2.75, 3.05) is 36.0 Å². The van der Waals surface area contributed by atoms with Gasteiger partial charge in [-0.2, -0.15) is 0 Å². The number of nitrogens with zero attached hydrogens (tertiary/aromatic N) is 6. The fraction of sp³-hybridized carbons (Fsp3) is 0.280. The summed E-state index contributed by atoms with van der Waals surface area (Å²) in [7, 11) is 0. The van der Waals surface area contributed by atoms with Crippen LogP contribution in [0.1, 0.15) is 78.7 Å². The normalized spacial score (nSPS) is 14.1. The molecule has 2 aliphatic heterocycles. The summed E-state index contributed by atoms with van der Waals surface area (Å²) in [4.78, 5) is 48.6. The number of aromatic nitrogens is 4. The van der Waals surface area contributed by atoms with Crippen LogP contribution in [0.4, 0.5) is 11.6 Å². The molecule has 2 aromatic heterocycles. The number of carbonyl (C=O) groups excluding carboxylic acids is 2. The van der Waals surface area contributed by atoms with Gasteiger partial charge in [0, 0.05) is 49.9 Å². The number of benzene rings is 5. The van der Waals surface area contributed by atoms with E-state index in [4.69, 9.17) is 9.97 Å². The lowest BCUT2D eigenvalue weighted by Crippen LogP contribution is -2.30. The molecule has 7 aromatic rings. The molecule has 2 amide bonds. The highest BCUT2D eigenvalue weighted by Gasteiger charge is 2.16. The predicted molar refractivity (Wildman–Crippen MR) is 242 cm³/mol. The highest BCUT2D eigenvalue weighted by atomic mass is 16.2. The Morgan fingerprint density at radius 3 is 1.52 bits per heavy atom. The minimum atomic E-state index is -0.0799. The summed E-state index contributed by atoms with van der Waals surface area (Å²) < 4.78 is 0. The van der Waals surface area contributed by atoms with Gasteiger partial charge in [-0.1, -0.05) is 66.7 Å². The Hall–Kier alpha value is -6.68. The second-order valence-corrected chi connectivity index (χ2v) is 15.9. The lowest BCUT2D eigenvalue weighted by Gasteiger charge is -2.27. The third-order valence-electron chi connectivity index (χ3n) is 11.1. The number of hydrogen-bond acceptors (Lipinski definition) is 8. The van der Waals surface area contributed by atoms with Crippen LogP contribution in [0.3, 0.4) is 0 Å². The molecule has 10 nitrogen and oxygen atoms in total. The molecular formula is C50H52N8O2. The van der Waals surface area contributed by atoms with Crippen molar-refractivity contribution in [3.63, 3.8) is 0 Å². The van der Waals surface area contributed by atoms with E-state index in [0.717, 1.165) is 87.7 Å². The Balaban J connectivity index is 0.000000168. The van der Waals surface area contributed by atoms with E-state index in [1.165, 1.54) is 38.5 Å². The molecule has 60 heavy (non-hydrogen) atoms. The minimum Gasteiger partial charge on any atom is -0.355 e. The van der Waals surface area contributed by atoms with E-state index < -0.39 is 0 Å². The standard InChI is InChI=1S/C27H26N4O.C23H26N4O/c32-27(29-18-20-8-3-1-4-9-20)23-11-7-10-21(16-23)22-12-13-24-25(17-22)30-26(19-28-24)31-14-5-2-6-15-31;1-16(2)25-23(28)19-8-6-7-17(13-19)18-9-10-20-21(14-18)26-22(15-24-20)27-11-4-3-5-12-27/h1,3-4,7-13,16-17,19H,2,5-6,14-15,18H2,(H,29,32);6-10,13-16H,3-5,11-12H2,1-2H3,(H,25,28). The predicted octanol–water partition coefficient (Wildman–Crippen LogP) is 9.64. The third-order valence-corrected chi connectivity index (χ3v) is 11.1. The number of carbonyl (C=O) groups is 2. The van der Waals surface area contributed by atoms with Gasteiger partial charge in [0.2, 0.25) is 0 Å². The molecule has 0 radical (unpaired) electrons. The van der Waals surface area contributed by atoms with Gasteiger partial charge in [-0.25, -0.2) is 9.97 Å². The molecule has 2 N–H and O–H groups in total. The molecule has 304 valence electrons. The van der Waals surface area contributed by atoms with Crippen molar-refractivity contribution >= 4 is 45.5 Å². The monoisotopic (exact) mass is 796 g/mol. The Kier molecular flexibility index (Phi) is 12.7. The zero-order chi connectivity index (χ0) is 41.3. The van der Waals surface area contributed by atoms with Gasteiger partial charge in [0.05, 0.1) is 34.5 Å². The Morgan fingerprint density at radius 1 is 0.533 bits per heavy atom. The van der Waals surface area contributed by atoms with Crippen molar-refractivity contribution < 1.29 is 9.59 Å². The first kappa shape index (κ1) is 40.1. The van der Waals surface area contributed by atoms with E-state index in [-0.39, 0.29) is 17.9 Å². The lowest BCUT2D eigenvalue weighted by atomic mass is 10.0. The van der Waals surface area contributed by atoms with Crippen LogP contribution in [0.2, 0.25) is 0 Å². The number of hydrogen-bond donors (Lipinski definition) is 2. The summed E-state index contributed by atoms with van der Waals surface area (Å²) >= 11 is 0. The number of rotatable bonds is 9. The molecular weight excluding hydrogens is 745 g/mol. The molecule has 0 unspecified atom stereocenters. The maximum absolute atomic E-state index is 12.7. The van der Waals surface area contributed by atoms with Crippen molar-refractivity contribution in [3.8, 4) is 22.3 Å². The van der Waals surface area contributed by atoms with Crippen molar-refractivity contribution in [1.29, 1.82) is 0 Å². The summed E-state index contributed by atoms with van der Waals surface area (Å²) in [6.45, 7) is 8.61. The van der Waals surface area contributed by atoms with Gasteiger partial charge in [0.25, 0.3) is 11.8 Å². The maximum atomic E-state index is 12.7. The molecule has 0 atom stereocenters. The van der Waals surface area contributed by atoms with Gasteiger partial charge in [0.15, 0.2) is 0 Å². The number of amides is 2. The smallest absolute Gasteiger partial charge is 0.251 e. The highest BCUT2D eigenvalue weighted by Crippen LogP contribution is 2.28. The van der Waals surface area contributed by atoms with Gasteiger partial charge in [-0.15, -0.1) is 0 Å². The lowest BCUT2D eigenvalue weighted by molar-refractivity contribution is 0.0938. The zero-order valence-electron chi connectivity index (χ0n) is 34.5. The van der Waals surface area contributed by atoms with Gasteiger partial charge < -0.3 is 20.4 Å². The first-order valence-corrected chi connectivity index (χ1v) is 21.2. The Bertz CT molecular complexity index is 2580. The van der Waals surface area contributed by atoms with Crippen molar-refractivity contribution in [2.24, 2.45) is 0 Å². The Labute approximate surface area is 352 Å². The molecule has 10 heteroatoms. The van der Waals surface area contributed by atoms with Crippen LogP contribution in [-0.2, 0) is 6.54 Å². The van der Waals surface area contributed by atoms with Crippen LogP contribution in [0.5, 0.6) is 0 Å². The highest BCUT2D eigenvalue weighted by molar-refractivity contribution is 5.96. The molecule has 0 saturated carbocycles. The molecule has 0 spiro atoms. The third kappa shape index (κ3) is 9.94. The van der Waals surface area contributed by atoms with Crippen LogP contribution in [-0.4, -0.2) is 64.0 Å². The van der Waals surface area contributed by atoms with Crippen molar-refractivity contribution in [2.45, 2.75) is 65.0 Å². The molecule has 9 rings (SSSR count). The molecule has 2 saturated heterocycles. The van der Waals surface area contributed by atoms with Crippen LogP contribution >= 0.6 is 0 Å². The average Bonchev–Trinajstić information content (AvgIpc) is 3.31. The van der Waals surface area contributed by atoms with E-state index >= 15 is 0 Å². The van der Waals surface area contributed by atoms with Gasteiger partial charge in [-0.05, 0) is 129 Å². The molecule has 5 aromatic carbocycles. The second-order valence-electron chi connectivity index (χ2n) is 15.9. The summed E-state index contributed by atoms with van der Waals surface area (Å²) in [5.41, 5.74) is 9.98. The van der Waals surface area contributed by atoms with Crippen LogP contribution in [0, 0.1) is 0 Å². The van der Waals surface area contributed by atoms with E-state index in [1.54, 1.807) is 0 Å². The largest absolute Gasteiger partial charge is 0.355 e. The summed E-state index contributed by atoms with van der Waals surface area (Å²) in [5.74, 6) is 1.77. The molecule has 0 bridgehead atoms. The van der Waals surface area contributed by atoms with Gasteiger partial charge >= 0.3 is 0 Å². The topological polar surface area (TPSA) is 116 Å². The number of piperidine rings is 2. The molecule has 0 aliphatic carbocycles. The van der Waals surface area contributed by atoms with Crippen LogP contribution in [0.15, 0.2) is 128 Å². The van der Waals surface area contributed by atoms with Crippen molar-refractivity contribution in [1.82, 2.24) is 30.6 Å². The van der Waals surface area contributed by atoms with E-state index in [2.05, 4.69) is 42.5 Å². The van der Waals surface area contributed by atoms with E-state index in [1.807, 2.05) is 129 Å². The fourth-order valence-electron chi connectivity index (χ4n) is 7.82. The van der Waals surface area contributed by atoms with Gasteiger partial charge in [0.1, 0.15) is 11.6 Å². The van der Waals surface area contributed by atoms with E-state index in [0.29, 0.717) is 17.7 Å². The first-order chi connectivity index (χ1) is 29.4. The Morgan fingerprint density at radius 2 is 1.02 bits per heavy atom. The molecule has 2 fully saturated rings.